The lowest BCUT2D eigenvalue weighted by Crippen LogP contribution is -2.28. The van der Waals surface area contributed by atoms with Crippen LogP contribution in [0.1, 0.15) is 37.7 Å². The topological polar surface area (TPSA) is 35.5 Å². The van der Waals surface area contributed by atoms with Crippen LogP contribution in [0.25, 0.3) is 0 Å². The molecule has 0 aliphatic carbocycles. The predicted octanol–water partition coefficient (Wildman–Crippen LogP) is 2.49. The molecule has 1 unspecified atom stereocenters. The molecule has 0 fully saturated rings. The highest BCUT2D eigenvalue weighted by Gasteiger charge is 2.07. The van der Waals surface area contributed by atoms with E-state index in [0.29, 0.717) is 12.6 Å². The van der Waals surface area contributed by atoms with E-state index in [-0.39, 0.29) is 6.10 Å². The summed E-state index contributed by atoms with van der Waals surface area (Å²) in [6.07, 6.45) is 2.01. The third-order valence-corrected chi connectivity index (χ3v) is 4.18. The second-order valence-corrected chi connectivity index (χ2v) is 6.00. The maximum atomic E-state index is 9.87. The SMILES string of the molecule is CC(C)N(C)CCCCNCC(O)c1cccs1. The molecule has 1 rings (SSSR count). The number of hydrogen-bond acceptors (Lipinski definition) is 4. The number of nitrogens with zero attached hydrogens (tertiary/aromatic N) is 1. The number of unbranched alkanes of at least 4 members (excludes halogenated alkanes) is 1. The predicted molar refractivity (Wildman–Crippen MR) is 79.1 cm³/mol. The summed E-state index contributed by atoms with van der Waals surface area (Å²) in [6, 6.07) is 4.58. The van der Waals surface area contributed by atoms with Gasteiger partial charge >= 0.3 is 0 Å². The number of hydrogen-bond donors (Lipinski definition) is 2. The standard InChI is InChI=1S/C14H26N2OS/c1-12(2)16(3)9-5-4-8-15-11-13(17)14-7-6-10-18-14/h6-7,10,12-13,15,17H,4-5,8-9,11H2,1-3H3. The summed E-state index contributed by atoms with van der Waals surface area (Å²) >= 11 is 1.61. The van der Waals surface area contributed by atoms with Crippen LogP contribution in [0.3, 0.4) is 0 Å². The Hall–Kier alpha value is -0.420. The minimum Gasteiger partial charge on any atom is -0.386 e. The molecule has 1 atom stereocenters. The first-order valence-corrected chi connectivity index (χ1v) is 7.61. The average Bonchev–Trinajstić information content (AvgIpc) is 2.86. The fraction of sp³-hybridized carbons (Fsp3) is 0.714. The van der Waals surface area contributed by atoms with E-state index >= 15 is 0 Å². The van der Waals surface area contributed by atoms with Crippen molar-refractivity contribution in [3.8, 4) is 0 Å². The van der Waals surface area contributed by atoms with Gasteiger partial charge in [-0.15, -0.1) is 11.3 Å². The summed E-state index contributed by atoms with van der Waals surface area (Å²) in [7, 11) is 2.17. The Bertz CT molecular complexity index is 301. The molecule has 0 saturated heterocycles. The van der Waals surface area contributed by atoms with Gasteiger partial charge in [0.2, 0.25) is 0 Å². The van der Waals surface area contributed by atoms with Crippen LogP contribution in [-0.2, 0) is 0 Å². The normalized spacial score (nSPS) is 13.4. The number of aliphatic hydroxyl groups excluding tert-OH is 1. The Balaban J connectivity index is 1.99. The highest BCUT2D eigenvalue weighted by atomic mass is 32.1. The number of aliphatic hydroxyl groups is 1. The van der Waals surface area contributed by atoms with E-state index in [4.69, 9.17) is 0 Å². The summed E-state index contributed by atoms with van der Waals surface area (Å²) in [4.78, 5) is 3.41. The fourth-order valence-corrected chi connectivity index (χ4v) is 2.40. The van der Waals surface area contributed by atoms with Gasteiger partial charge in [-0.05, 0) is 58.3 Å². The van der Waals surface area contributed by atoms with Gasteiger partial charge in [0, 0.05) is 17.5 Å². The van der Waals surface area contributed by atoms with E-state index < -0.39 is 0 Å². The largest absolute Gasteiger partial charge is 0.386 e. The van der Waals surface area contributed by atoms with Gasteiger partial charge in [0.15, 0.2) is 0 Å². The van der Waals surface area contributed by atoms with E-state index in [9.17, 15) is 5.11 Å². The fourth-order valence-electron chi connectivity index (χ4n) is 1.69. The number of thiophene rings is 1. The van der Waals surface area contributed by atoms with E-state index in [1.807, 2.05) is 17.5 Å². The Morgan fingerprint density at radius 1 is 1.39 bits per heavy atom. The van der Waals surface area contributed by atoms with Gasteiger partial charge in [-0.1, -0.05) is 6.07 Å². The molecule has 104 valence electrons. The molecule has 0 aromatic carbocycles. The average molecular weight is 270 g/mol. The van der Waals surface area contributed by atoms with Crippen LogP contribution in [0.15, 0.2) is 17.5 Å². The second-order valence-electron chi connectivity index (χ2n) is 5.02. The highest BCUT2D eigenvalue weighted by molar-refractivity contribution is 7.10. The molecule has 4 heteroatoms. The van der Waals surface area contributed by atoms with Crippen LogP contribution in [0, 0.1) is 0 Å². The summed E-state index contributed by atoms with van der Waals surface area (Å²) in [5.41, 5.74) is 0. The molecule has 0 spiro atoms. The van der Waals surface area contributed by atoms with Gasteiger partial charge in [-0.2, -0.15) is 0 Å². The molecule has 1 aromatic heterocycles. The van der Waals surface area contributed by atoms with Crippen molar-refractivity contribution in [1.29, 1.82) is 0 Å². The maximum absolute atomic E-state index is 9.87. The van der Waals surface area contributed by atoms with Gasteiger partial charge in [-0.3, -0.25) is 0 Å². The monoisotopic (exact) mass is 270 g/mol. The molecular weight excluding hydrogens is 244 g/mol. The lowest BCUT2D eigenvalue weighted by atomic mass is 10.2. The maximum Gasteiger partial charge on any atom is 0.101 e. The van der Waals surface area contributed by atoms with Crippen LogP contribution in [0.4, 0.5) is 0 Å². The van der Waals surface area contributed by atoms with Crippen LogP contribution in [0.5, 0.6) is 0 Å². The van der Waals surface area contributed by atoms with Crippen molar-refractivity contribution in [2.24, 2.45) is 0 Å². The first kappa shape index (κ1) is 15.6. The molecule has 0 bridgehead atoms. The van der Waals surface area contributed by atoms with Crippen molar-refractivity contribution in [1.82, 2.24) is 10.2 Å². The molecule has 1 aromatic rings. The van der Waals surface area contributed by atoms with Crippen LogP contribution < -0.4 is 5.32 Å². The van der Waals surface area contributed by atoms with Crippen molar-refractivity contribution in [2.75, 3.05) is 26.7 Å². The van der Waals surface area contributed by atoms with Crippen molar-refractivity contribution in [3.05, 3.63) is 22.4 Å². The Labute approximate surface area is 115 Å². The van der Waals surface area contributed by atoms with Gasteiger partial charge in [0.25, 0.3) is 0 Å². The summed E-state index contributed by atoms with van der Waals surface area (Å²) in [5.74, 6) is 0. The van der Waals surface area contributed by atoms with Gasteiger partial charge < -0.3 is 15.3 Å². The zero-order chi connectivity index (χ0) is 13.4. The van der Waals surface area contributed by atoms with E-state index in [1.54, 1.807) is 11.3 Å². The molecule has 1 heterocycles. The third-order valence-electron chi connectivity index (χ3n) is 3.21. The second kappa shape index (κ2) is 8.64. The van der Waals surface area contributed by atoms with E-state index in [1.165, 1.54) is 6.42 Å². The minimum atomic E-state index is -0.358. The first-order valence-electron chi connectivity index (χ1n) is 6.73. The molecule has 0 saturated carbocycles. The van der Waals surface area contributed by atoms with Crippen molar-refractivity contribution < 1.29 is 5.11 Å². The molecule has 18 heavy (non-hydrogen) atoms. The zero-order valence-electron chi connectivity index (χ0n) is 11.7. The number of rotatable bonds is 9. The molecule has 0 aliphatic heterocycles. The van der Waals surface area contributed by atoms with Gasteiger partial charge in [-0.25, -0.2) is 0 Å². The molecule has 3 nitrogen and oxygen atoms in total. The molecule has 2 N–H and O–H groups in total. The Morgan fingerprint density at radius 2 is 2.17 bits per heavy atom. The first-order chi connectivity index (χ1) is 8.61. The Morgan fingerprint density at radius 3 is 2.78 bits per heavy atom. The molecule has 0 amide bonds. The van der Waals surface area contributed by atoms with Gasteiger partial charge in [0.1, 0.15) is 6.10 Å². The third kappa shape index (κ3) is 5.96. The Kier molecular flexibility index (Phi) is 7.51. The van der Waals surface area contributed by atoms with Crippen molar-refractivity contribution in [2.45, 2.75) is 38.8 Å². The quantitative estimate of drug-likeness (QED) is 0.677. The molecule has 0 radical (unpaired) electrons. The summed E-state index contributed by atoms with van der Waals surface area (Å²) in [5, 5.41) is 15.2. The molecular formula is C14H26N2OS. The summed E-state index contributed by atoms with van der Waals surface area (Å²) in [6.45, 7) is 7.22. The van der Waals surface area contributed by atoms with Crippen molar-refractivity contribution >= 4 is 11.3 Å². The molecule has 0 aliphatic rings. The van der Waals surface area contributed by atoms with Crippen LogP contribution >= 0.6 is 11.3 Å². The number of nitrogens with one attached hydrogen (secondary N) is 1. The van der Waals surface area contributed by atoms with Crippen LogP contribution in [-0.4, -0.2) is 42.7 Å². The lowest BCUT2D eigenvalue weighted by Gasteiger charge is -2.20. The lowest BCUT2D eigenvalue weighted by molar-refractivity contribution is 0.178. The highest BCUT2D eigenvalue weighted by Crippen LogP contribution is 2.17. The zero-order valence-corrected chi connectivity index (χ0v) is 12.5. The van der Waals surface area contributed by atoms with Crippen molar-refractivity contribution in [3.63, 3.8) is 0 Å². The van der Waals surface area contributed by atoms with E-state index in [2.05, 4.69) is 31.1 Å². The summed E-state index contributed by atoms with van der Waals surface area (Å²) < 4.78 is 0. The van der Waals surface area contributed by atoms with Crippen LogP contribution in [0.2, 0.25) is 0 Å². The minimum absolute atomic E-state index is 0.358. The van der Waals surface area contributed by atoms with Gasteiger partial charge in [0.05, 0.1) is 0 Å². The van der Waals surface area contributed by atoms with E-state index in [0.717, 1.165) is 24.4 Å². The smallest absolute Gasteiger partial charge is 0.101 e.